The van der Waals surface area contributed by atoms with Crippen molar-refractivity contribution in [2.24, 2.45) is 5.73 Å². The molecule has 0 saturated heterocycles. The Hall–Kier alpha value is -1.69. The second-order valence-electron chi connectivity index (χ2n) is 5.47. The summed E-state index contributed by atoms with van der Waals surface area (Å²) in [5.74, 6) is -0.0638. The van der Waals surface area contributed by atoms with E-state index < -0.39 is 5.91 Å². The fourth-order valence-corrected chi connectivity index (χ4v) is 3.44. The van der Waals surface area contributed by atoms with Crippen molar-refractivity contribution in [3.8, 4) is 5.75 Å². The number of ether oxygens (including phenoxy) is 1. The van der Waals surface area contributed by atoms with E-state index in [2.05, 4.69) is 11.6 Å². The van der Waals surface area contributed by atoms with Gasteiger partial charge in [0.25, 0.3) is 11.8 Å². The molecule has 0 aromatic heterocycles. The summed E-state index contributed by atoms with van der Waals surface area (Å²) in [6.45, 7) is -0.163. The summed E-state index contributed by atoms with van der Waals surface area (Å²) in [6, 6.07) is 6.98. The Balaban J connectivity index is 1.88. The van der Waals surface area contributed by atoms with Crippen LogP contribution in [-0.2, 0) is 4.79 Å². The molecule has 0 aliphatic heterocycles. The van der Waals surface area contributed by atoms with E-state index in [1.165, 1.54) is 6.42 Å². The molecule has 0 radical (unpaired) electrons. The lowest BCUT2D eigenvalue weighted by Crippen LogP contribution is -2.39. The van der Waals surface area contributed by atoms with Crippen molar-refractivity contribution in [1.82, 2.24) is 5.32 Å². The van der Waals surface area contributed by atoms with Gasteiger partial charge >= 0.3 is 0 Å². The normalized spacial score (nSPS) is 21.1. The van der Waals surface area contributed by atoms with E-state index in [0.717, 1.165) is 19.3 Å². The van der Waals surface area contributed by atoms with Crippen LogP contribution in [0.1, 0.15) is 36.0 Å². The molecule has 1 aliphatic rings. The molecule has 1 aromatic rings. The molecule has 2 atom stereocenters. The number of amides is 2. The quantitative estimate of drug-likeness (QED) is 0.839. The van der Waals surface area contributed by atoms with Crippen molar-refractivity contribution < 1.29 is 14.3 Å². The predicted molar refractivity (Wildman–Crippen MR) is 88.2 cm³/mol. The maximum Gasteiger partial charge on any atom is 0.255 e. The number of benzene rings is 1. The highest BCUT2D eigenvalue weighted by molar-refractivity contribution is 7.99. The molecule has 6 heteroatoms. The lowest BCUT2D eigenvalue weighted by atomic mass is 9.94. The zero-order valence-corrected chi connectivity index (χ0v) is 13.5. The Labute approximate surface area is 135 Å². The lowest BCUT2D eigenvalue weighted by Gasteiger charge is -2.28. The molecule has 0 heterocycles. The van der Waals surface area contributed by atoms with Gasteiger partial charge in [-0.05, 0) is 49.8 Å². The second kappa shape index (κ2) is 8.08. The van der Waals surface area contributed by atoms with Crippen molar-refractivity contribution in [3.63, 3.8) is 0 Å². The standard InChI is InChI=1S/C16H22N2O3S/c1-22-14-4-2-3-12(9-14)18-16(20)11-5-7-13(8-6-11)21-10-15(17)19/h5-8,12,14H,2-4,9-10H2,1H3,(H2,17,19)(H,18,20). The van der Waals surface area contributed by atoms with Crippen LogP contribution in [0, 0.1) is 0 Å². The highest BCUT2D eigenvalue weighted by Gasteiger charge is 2.22. The van der Waals surface area contributed by atoms with Crippen molar-refractivity contribution >= 4 is 23.6 Å². The van der Waals surface area contributed by atoms with Crippen LogP contribution in [0.4, 0.5) is 0 Å². The molecule has 0 spiro atoms. The molecule has 2 unspecified atom stereocenters. The SMILES string of the molecule is CSC1CCCC(NC(=O)c2ccc(OCC(N)=O)cc2)C1. The first-order valence-electron chi connectivity index (χ1n) is 7.43. The summed E-state index contributed by atoms with van der Waals surface area (Å²) in [6.07, 6.45) is 6.60. The van der Waals surface area contributed by atoms with Crippen LogP contribution in [0.2, 0.25) is 0 Å². The zero-order chi connectivity index (χ0) is 15.9. The molecule has 120 valence electrons. The van der Waals surface area contributed by atoms with Crippen molar-refractivity contribution in [2.45, 2.75) is 37.0 Å². The summed E-state index contributed by atoms with van der Waals surface area (Å²) >= 11 is 1.88. The zero-order valence-electron chi connectivity index (χ0n) is 12.7. The van der Waals surface area contributed by atoms with E-state index in [0.29, 0.717) is 16.6 Å². The third kappa shape index (κ3) is 4.94. The fraction of sp³-hybridized carbons (Fsp3) is 0.500. The monoisotopic (exact) mass is 322 g/mol. The number of hydrogen-bond acceptors (Lipinski definition) is 4. The van der Waals surface area contributed by atoms with Gasteiger partial charge in [0.15, 0.2) is 6.61 Å². The predicted octanol–water partition coefficient (Wildman–Crippen LogP) is 1.95. The summed E-state index contributed by atoms with van der Waals surface area (Å²) in [7, 11) is 0. The summed E-state index contributed by atoms with van der Waals surface area (Å²) < 4.78 is 5.17. The van der Waals surface area contributed by atoms with Gasteiger partial charge in [0.2, 0.25) is 0 Å². The third-order valence-electron chi connectivity index (χ3n) is 3.79. The number of primary amides is 1. The van der Waals surface area contributed by atoms with Crippen LogP contribution in [0.5, 0.6) is 5.75 Å². The van der Waals surface area contributed by atoms with Crippen molar-refractivity contribution in [1.29, 1.82) is 0 Å². The Morgan fingerprint density at radius 1 is 1.32 bits per heavy atom. The average Bonchev–Trinajstić information content (AvgIpc) is 2.53. The van der Waals surface area contributed by atoms with Gasteiger partial charge in [-0.2, -0.15) is 11.8 Å². The number of rotatable bonds is 6. The molecule has 1 aromatic carbocycles. The average molecular weight is 322 g/mol. The highest BCUT2D eigenvalue weighted by Crippen LogP contribution is 2.27. The van der Waals surface area contributed by atoms with E-state index in [1.54, 1.807) is 24.3 Å². The minimum absolute atomic E-state index is 0.0618. The van der Waals surface area contributed by atoms with Gasteiger partial charge < -0.3 is 15.8 Å². The van der Waals surface area contributed by atoms with E-state index in [4.69, 9.17) is 10.5 Å². The topological polar surface area (TPSA) is 81.4 Å². The van der Waals surface area contributed by atoms with Crippen LogP contribution in [-0.4, -0.2) is 36.0 Å². The van der Waals surface area contributed by atoms with Gasteiger partial charge in [-0.1, -0.05) is 6.42 Å². The molecule has 1 aliphatic carbocycles. The molecule has 2 amide bonds. The van der Waals surface area contributed by atoms with Gasteiger partial charge in [-0.25, -0.2) is 0 Å². The number of nitrogens with two attached hydrogens (primary N) is 1. The van der Waals surface area contributed by atoms with E-state index >= 15 is 0 Å². The van der Waals surface area contributed by atoms with E-state index in [9.17, 15) is 9.59 Å². The van der Waals surface area contributed by atoms with Gasteiger partial charge in [0.1, 0.15) is 5.75 Å². The minimum Gasteiger partial charge on any atom is -0.484 e. The fourth-order valence-electron chi connectivity index (χ4n) is 2.62. The summed E-state index contributed by atoms with van der Waals surface area (Å²) in [5, 5.41) is 3.74. The first kappa shape index (κ1) is 16.7. The Bertz CT molecular complexity index is 519. The molecule has 22 heavy (non-hydrogen) atoms. The first-order valence-corrected chi connectivity index (χ1v) is 8.72. The number of thioether (sulfide) groups is 1. The lowest BCUT2D eigenvalue weighted by molar-refractivity contribution is -0.119. The number of carbonyl (C=O) groups excluding carboxylic acids is 2. The Kier molecular flexibility index (Phi) is 6.12. The maximum absolute atomic E-state index is 12.3. The van der Waals surface area contributed by atoms with Crippen LogP contribution in [0.15, 0.2) is 24.3 Å². The summed E-state index contributed by atoms with van der Waals surface area (Å²) in [5.41, 5.74) is 5.61. The smallest absolute Gasteiger partial charge is 0.255 e. The number of carbonyl (C=O) groups is 2. The second-order valence-corrected chi connectivity index (χ2v) is 6.61. The molecular formula is C16H22N2O3S. The molecule has 2 rings (SSSR count). The van der Waals surface area contributed by atoms with Crippen LogP contribution in [0.25, 0.3) is 0 Å². The number of hydrogen-bond donors (Lipinski definition) is 2. The molecule has 3 N–H and O–H groups in total. The van der Waals surface area contributed by atoms with Crippen molar-refractivity contribution in [3.05, 3.63) is 29.8 Å². The summed E-state index contributed by atoms with van der Waals surface area (Å²) in [4.78, 5) is 22.9. The Morgan fingerprint density at radius 3 is 2.68 bits per heavy atom. The third-order valence-corrected chi connectivity index (χ3v) is 4.89. The minimum atomic E-state index is -0.525. The molecule has 5 nitrogen and oxygen atoms in total. The largest absolute Gasteiger partial charge is 0.484 e. The van der Waals surface area contributed by atoms with Crippen LogP contribution >= 0.6 is 11.8 Å². The van der Waals surface area contributed by atoms with Gasteiger partial charge in [0, 0.05) is 16.9 Å². The van der Waals surface area contributed by atoms with Gasteiger partial charge in [-0.15, -0.1) is 0 Å². The molecule has 1 saturated carbocycles. The van der Waals surface area contributed by atoms with Gasteiger partial charge in [0.05, 0.1) is 0 Å². The van der Waals surface area contributed by atoms with Crippen LogP contribution in [0.3, 0.4) is 0 Å². The van der Waals surface area contributed by atoms with Crippen molar-refractivity contribution in [2.75, 3.05) is 12.9 Å². The number of nitrogens with one attached hydrogen (secondary N) is 1. The molecule has 0 bridgehead atoms. The Morgan fingerprint density at radius 2 is 2.05 bits per heavy atom. The van der Waals surface area contributed by atoms with Crippen LogP contribution < -0.4 is 15.8 Å². The first-order chi connectivity index (χ1) is 10.6. The van der Waals surface area contributed by atoms with E-state index in [-0.39, 0.29) is 18.6 Å². The molecule has 1 fully saturated rings. The molecular weight excluding hydrogens is 300 g/mol. The van der Waals surface area contributed by atoms with E-state index in [1.807, 2.05) is 11.8 Å². The highest BCUT2D eigenvalue weighted by atomic mass is 32.2. The maximum atomic E-state index is 12.3. The van der Waals surface area contributed by atoms with Gasteiger partial charge in [-0.3, -0.25) is 9.59 Å².